The molecule has 5 nitrogen and oxygen atoms in total. The van der Waals surface area contributed by atoms with E-state index < -0.39 is 0 Å². The number of aromatic nitrogens is 2. The minimum absolute atomic E-state index is 0.570. The van der Waals surface area contributed by atoms with Crippen LogP contribution in [0, 0.1) is 6.92 Å². The Labute approximate surface area is 139 Å². The zero-order valence-electron chi connectivity index (χ0n) is 14.1. The van der Waals surface area contributed by atoms with Gasteiger partial charge in [-0.1, -0.05) is 18.2 Å². The molecule has 0 amide bonds. The summed E-state index contributed by atoms with van der Waals surface area (Å²) in [5.74, 6) is 1.90. The molecule has 2 aromatic heterocycles. The summed E-state index contributed by atoms with van der Waals surface area (Å²) in [7, 11) is 4.88. The van der Waals surface area contributed by atoms with E-state index in [0.29, 0.717) is 17.4 Å². The molecule has 0 spiro atoms. The second kappa shape index (κ2) is 5.30. The van der Waals surface area contributed by atoms with Crippen molar-refractivity contribution < 1.29 is 14.2 Å². The number of nitrogens with one attached hydrogen (secondary N) is 1. The number of hydrogen-bond acceptors (Lipinski definition) is 4. The maximum Gasteiger partial charge on any atom is 0.221 e. The van der Waals surface area contributed by atoms with E-state index in [0.717, 1.165) is 32.7 Å². The molecular formula is C19H18N2O3. The van der Waals surface area contributed by atoms with Gasteiger partial charge in [0.1, 0.15) is 5.52 Å². The molecular weight excluding hydrogens is 304 g/mol. The summed E-state index contributed by atoms with van der Waals surface area (Å²) in [5, 5.41) is 2.96. The van der Waals surface area contributed by atoms with Crippen LogP contribution in [-0.4, -0.2) is 31.3 Å². The highest BCUT2D eigenvalue weighted by atomic mass is 16.5. The third kappa shape index (κ3) is 1.91. The van der Waals surface area contributed by atoms with Gasteiger partial charge in [0.2, 0.25) is 5.88 Å². The van der Waals surface area contributed by atoms with Crippen LogP contribution < -0.4 is 14.2 Å². The Morgan fingerprint density at radius 1 is 0.833 bits per heavy atom. The number of pyridine rings is 1. The first kappa shape index (κ1) is 14.6. The number of fused-ring (bicyclic) bond motifs is 5. The van der Waals surface area contributed by atoms with Crippen LogP contribution in [0.15, 0.2) is 30.3 Å². The van der Waals surface area contributed by atoms with Gasteiger partial charge in [-0.05, 0) is 24.6 Å². The van der Waals surface area contributed by atoms with Crippen molar-refractivity contribution in [3.8, 4) is 17.4 Å². The van der Waals surface area contributed by atoms with Crippen LogP contribution in [0.2, 0.25) is 0 Å². The van der Waals surface area contributed by atoms with Crippen LogP contribution in [-0.2, 0) is 0 Å². The van der Waals surface area contributed by atoms with Gasteiger partial charge in [0.15, 0.2) is 11.5 Å². The maximum absolute atomic E-state index is 5.54. The Morgan fingerprint density at radius 2 is 1.54 bits per heavy atom. The zero-order chi connectivity index (χ0) is 16.8. The van der Waals surface area contributed by atoms with Crippen molar-refractivity contribution in [3.05, 3.63) is 35.9 Å². The second-order valence-corrected chi connectivity index (χ2v) is 5.72. The first-order chi connectivity index (χ1) is 11.7. The number of rotatable bonds is 3. The van der Waals surface area contributed by atoms with E-state index in [1.807, 2.05) is 18.2 Å². The van der Waals surface area contributed by atoms with Crippen LogP contribution in [0.3, 0.4) is 0 Å². The lowest BCUT2D eigenvalue weighted by Gasteiger charge is -2.11. The molecule has 1 N–H and O–H groups in total. The predicted octanol–water partition coefficient (Wildman–Crippen LogP) is 4.20. The average molecular weight is 322 g/mol. The molecule has 0 bridgehead atoms. The predicted molar refractivity (Wildman–Crippen MR) is 95.5 cm³/mol. The topological polar surface area (TPSA) is 56.4 Å². The third-order valence-electron chi connectivity index (χ3n) is 4.44. The molecule has 0 aliphatic rings. The van der Waals surface area contributed by atoms with Gasteiger partial charge in [0, 0.05) is 10.8 Å². The normalized spacial score (nSPS) is 11.3. The maximum atomic E-state index is 5.54. The number of methoxy groups -OCH3 is 3. The Morgan fingerprint density at radius 3 is 2.21 bits per heavy atom. The van der Waals surface area contributed by atoms with Gasteiger partial charge in [0.05, 0.1) is 37.7 Å². The number of benzene rings is 2. The molecule has 0 atom stereocenters. The van der Waals surface area contributed by atoms with Gasteiger partial charge in [-0.3, -0.25) is 0 Å². The minimum Gasteiger partial charge on any atom is -0.493 e. The van der Waals surface area contributed by atoms with Gasteiger partial charge in [-0.15, -0.1) is 0 Å². The van der Waals surface area contributed by atoms with E-state index >= 15 is 0 Å². The number of ether oxygens (including phenoxy) is 3. The van der Waals surface area contributed by atoms with Gasteiger partial charge in [-0.2, -0.15) is 0 Å². The molecule has 5 heteroatoms. The highest BCUT2D eigenvalue weighted by molar-refractivity contribution is 6.17. The summed E-state index contributed by atoms with van der Waals surface area (Å²) in [5.41, 5.74) is 4.13. The molecule has 0 unspecified atom stereocenters. The molecule has 0 saturated carbocycles. The van der Waals surface area contributed by atoms with Crippen molar-refractivity contribution in [1.29, 1.82) is 0 Å². The fourth-order valence-electron chi connectivity index (χ4n) is 3.24. The fourth-order valence-corrected chi connectivity index (χ4v) is 3.24. The quantitative estimate of drug-likeness (QED) is 0.614. The number of para-hydroxylation sites is 1. The Hall–Kier alpha value is -2.95. The fraction of sp³-hybridized carbons (Fsp3) is 0.211. The zero-order valence-corrected chi connectivity index (χ0v) is 14.1. The second-order valence-electron chi connectivity index (χ2n) is 5.72. The number of aryl methyl sites for hydroxylation is 1. The van der Waals surface area contributed by atoms with Crippen molar-refractivity contribution in [1.82, 2.24) is 9.97 Å². The third-order valence-corrected chi connectivity index (χ3v) is 4.44. The van der Waals surface area contributed by atoms with Crippen LogP contribution in [0.25, 0.3) is 32.7 Å². The highest BCUT2D eigenvalue weighted by Gasteiger charge is 2.17. The molecule has 2 aromatic carbocycles. The van der Waals surface area contributed by atoms with E-state index in [4.69, 9.17) is 19.2 Å². The Bertz CT molecular complexity index is 1080. The van der Waals surface area contributed by atoms with E-state index in [1.54, 1.807) is 21.3 Å². The smallest absolute Gasteiger partial charge is 0.221 e. The van der Waals surface area contributed by atoms with Gasteiger partial charge < -0.3 is 19.2 Å². The monoisotopic (exact) mass is 322 g/mol. The molecule has 0 saturated heterocycles. The summed E-state index contributed by atoms with van der Waals surface area (Å²) in [6, 6.07) is 10.1. The molecule has 4 rings (SSSR count). The lowest BCUT2D eigenvalue weighted by Crippen LogP contribution is -1.94. The summed E-state index contributed by atoms with van der Waals surface area (Å²) < 4.78 is 16.4. The lowest BCUT2D eigenvalue weighted by molar-refractivity contribution is 0.355. The first-order valence-corrected chi connectivity index (χ1v) is 7.68. The van der Waals surface area contributed by atoms with Crippen LogP contribution in [0.5, 0.6) is 17.4 Å². The summed E-state index contributed by atoms with van der Waals surface area (Å²) >= 11 is 0. The van der Waals surface area contributed by atoms with Crippen LogP contribution in [0.1, 0.15) is 5.56 Å². The van der Waals surface area contributed by atoms with Crippen molar-refractivity contribution in [2.24, 2.45) is 0 Å². The van der Waals surface area contributed by atoms with Gasteiger partial charge in [0.25, 0.3) is 0 Å². The van der Waals surface area contributed by atoms with Gasteiger partial charge in [-0.25, -0.2) is 4.98 Å². The number of nitrogens with zero attached hydrogens (tertiary/aromatic N) is 1. The van der Waals surface area contributed by atoms with Gasteiger partial charge >= 0.3 is 0 Å². The average Bonchev–Trinajstić information content (AvgIpc) is 3.00. The SMILES string of the molecule is COc1cc2c(OC)nc3c4cccc(C)c4[nH]c3c2cc1OC. The summed E-state index contributed by atoms with van der Waals surface area (Å²) in [4.78, 5) is 8.25. The van der Waals surface area contributed by atoms with E-state index in [1.165, 1.54) is 5.56 Å². The van der Waals surface area contributed by atoms with E-state index in [9.17, 15) is 0 Å². The Kier molecular flexibility index (Phi) is 3.23. The Balaban J connectivity index is 2.23. The van der Waals surface area contributed by atoms with E-state index in [-0.39, 0.29) is 0 Å². The molecule has 0 aliphatic carbocycles. The van der Waals surface area contributed by atoms with Crippen LogP contribution >= 0.6 is 0 Å². The molecule has 0 aliphatic heterocycles. The van der Waals surface area contributed by atoms with Crippen molar-refractivity contribution >= 4 is 32.7 Å². The van der Waals surface area contributed by atoms with Crippen molar-refractivity contribution in [3.63, 3.8) is 0 Å². The molecule has 122 valence electrons. The van der Waals surface area contributed by atoms with Crippen molar-refractivity contribution in [2.75, 3.05) is 21.3 Å². The highest BCUT2D eigenvalue weighted by Crippen LogP contribution is 2.40. The first-order valence-electron chi connectivity index (χ1n) is 7.68. The van der Waals surface area contributed by atoms with Crippen molar-refractivity contribution in [2.45, 2.75) is 6.92 Å². The van der Waals surface area contributed by atoms with E-state index in [2.05, 4.69) is 24.0 Å². The summed E-state index contributed by atoms with van der Waals surface area (Å²) in [6.45, 7) is 2.08. The molecule has 0 radical (unpaired) electrons. The minimum atomic E-state index is 0.570. The molecule has 24 heavy (non-hydrogen) atoms. The standard InChI is InChI=1S/C19H18N2O3/c1-10-6-5-7-11-16(10)20-18-12-8-14(22-2)15(23-3)9-13(12)19(24-4)21-17(11)18/h5-9,20H,1-4H3. The molecule has 4 aromatic rings. The number of hydrogen-bond donors (Lipinski definition) is 1. The van der Waals surface area contributed by atoms with Crippen LogP contribution in [0.4, 0.5) is 0 Å². The number of aromatic amines is 1. The number of H-pyrrole nitrogens is 1. The summed E-state index contributed by atoms with van der Waals surface area (Å²) in [6.07, 6.45) is 0. The largest absolute Gasteiger partial charge is 0.493 e. The molecule has 0 fully saturated rings. The molecule has 2 heterocycles. The lowest BCUT2D eigenvalue weighted by atomic mass is 10.1.